The van der Waals surface area contributed by atoms with Crippen LogP contribution in [-0.2, 0) is 14.4 Å². The zero-order valence-electron chi connectivity index (χ0n) is 29.1. The van der Waals surface area contributed by atoms with Crippen molar-refractivity contribution in [1.29, 1.82) is 0 Å². The highest BCUT2D eigenvalue weighted by atomic mass is 35.5. The number of hydrogen-bond acceptors (Lipinski definition) is 9. The minimum absolute atomic E-state index is 0.113. The Morgan fingerprint density at radius 1 is 1.02 bits per heavy atom. The number of aromatic nitrogens is 3. The number of unbranched alkanes of at least 4 members (excludes halogenated alkanes) is 3. The lowest BCUT2D eigenvalue weighted by molar-refractivity contribution is -0.134. The first-order valence-corrected chi connectivity index (χ1v) is 18.5. The summed E-state index contributed by atoms with van der Waals surface area (Å²) in [4.78, 5) is 55.3. The number of imide groups is 1. The quantitative estimate of drug-likeness (QED) is 0.102. The molecule has 1 fully saturated rings. The Bertz CT molecular complexity index is 2040. The third kappa shape index (κ3) is 8.23. The standard InChI is InChI=1S/C37H40ClFN8O4S/c1-20-21(2)52-37-32(20)33(23-8-10-24(38)11-9-23)42-29(34-46-45-22(3)47(34)37)19-31(49)41-17-7-5-4-6-16-40-25-12-13-26(27(39)18-25)35(50)43-28-14-15-30(48)44-36(28)51/h8-13,18,28-29,40H,4-7,14-17,19H2,1-3H3,(H,41,49)(H,43,50)(H,44,48,51)/t28?,29-/m0/s1. The number of rotatable bonds is 13. The van der Waals surface area contributed by atoms with E-state index in [-0.39, 0.29) is 30.7 Å². The van der Waals surface area contributed by atoms with Crippen molar-refractivity contribution >= 4 is 58.0 Å². The van der Waals surface area contributed by atoms with Gasteiger partial charge in [-0.15, -0.1) is 21.5 Å². The minimum Gasteiger partial charge on any atom is -0.385 e. The summed E-state index contributed by atoms with van der Waals surface area (Å²) in [6.45, 7) is 7.22. The number of aliphatic imine (C=N–C) groups is 1. The molecule has 2 aliphatic rings. The second-order valence-corrected chi connectivity index (χ2v) is 14.6. The van der Waals surface area contributed by atoms with Crippen LogP contribution in [0, 0.1) is 26.6 Å². The molecule has 4 aromatic rings. The molecule has 0 saturated carbocycles. The molecule has 1 unspecified atom stereocenters. The van der Waals surface area contributed by atoms with E-state index in [4.69, 9.17) is 16.6 Å². The van der Waals surface area contributed by atoms with Gasteiger partial charge < -0.3 is 16.0 Å². The van der Waals surface area contributed by atoms with Gasteiger partial charge in [0.2, 0.25) is 17.7 Å². The monoisotopic (exact) mass is 746 g/mol. The van der Waals surface area contributed by atoms with Gasteiger partial charge in [0.1, 0.15) is 28.7 Å². The highest BCUT2D eigenvalue weighted by Crippen LogP contribution is 2.39. The molecule has 2 aromatic heterocycles. The zero-order chi connectivity index (χ0) is 36.9. The summed E-state index contributed by atoms with van der Waals surface area (Å²) in [5, 5.41) is 21.3. The number of hydrogen-bond donors (Lipinski definition) is 4. The van der Waals surface area contributed by atoms with Gasteiger partial charge in [0.25, 0.3) is 5.91 Å². The Kier molecular flexibility index (Phi) is 11.4. The Hall–Kier alpha value is -4.95. The topological polar surface area (TPSA) is 159 Å². The van der Waals surface area contributed by atoms with Crippen LogP contribution in [0.5, 0.6) is 0 Å². The molecule has 1 saturated heterocycles. The SMILES string of the molecule is Cc1sc2c(c1C)C(c1ccc(Cl)cc1)=N[C@@H](CC(=O)NCCCCCCNc1ccc(C(=O)NC3CCC(=O)NC3=O)c(F)c1)c1nnc(C)n1-2. The molecule has 0 aliphatic carbocycles. The molecule has 2 aromatic carbocycles. The third-order valence-corrected chi connectivity index (χ3v) is 10.7. The highest BCUT2D eigenvalue weighted by molar-refractivity contribution is 7.15. The van der Waals surface area contributed by atoms with Crippen LogP contribution in [-0.4, -0.2) is 63.2 Å². The smallest absolute Gasteiger partial charge is 0.254 e. The Morgan fingerprint density at radius 2 is 1.77 bits per heavy atom. The number of aryl methyl sites for hydroxylation is 2. The number of halogens is 2. The molecule has 4 heterocycles. The summed E-state index contributed by atoms with van der Waals surface area (Å²) in [7, 11) is 0. The number of anilines is 1. The van der Waals surface area contributed by atoms with Crippen LogP contribution in [0.15, 0.2) is 47.5 Å². The van der Waals surface area contributed by atoms with Crippen molar-refractivity contribution in [3.05, 3.63) is 92.1 Å². The summed E-state index contributed by atoms with van der Waals surface area (Å²) in [6, 6.07) is 10.4. The van der Waals surface area contributed by atoms with Crippen LogP contribution in [0.4, 0.5) is 10.1 Å². The van der Waals surface area contributed by atoms with E-state index in [1.807, 2.05) is 35.8 Å². The van der Waals surface area contributed by atoms with Crippen molar-refractivity contribution in [1.82, 2.24) is 30.7 Å². The fourth-order valence-electron chi connectivity index (χ4n) is 6.32. The van der Waals surface area contributed by atoms with Gasteiger partial charge in [-0.3, -0.25) is 34.1 Å². The number of carbonyl (C=O) groups excluding carboxylic acids is 4. The van der Waals surface area contributed by atoms with Crippen LogP contribution in [0.25, 0.3) is 5.00 Å². The maximum atomic E-state index is 14.7. The number of nitrogens with zero attached hydrogens (tertiary/aromatic N) is 4. The summed E-state index contributed by atoms with van der Waals surface area (Å²) >= 11 is 7.87. The van der Waals surface area contributed by atoms with Gasteiger partial charge in [-0.05, 0) is 75.9 Å². The van der Waals surface area contributed by atoms with Crippen molar-refractivity contribution in [3.8, 4) is 5.00 Å². The lowest BCUT2D eigenvalue weighted by Gasteiger charge is -2.22. The molecule has 0 spiro atoms. The molecule has 4 N–H and O–H groups in total. The van der Waals surface area contributed by atoms with Crippen molar-refractivity contribution in [2.24, 2.45) is 4.99 Å². The van der Waals surface area contributed by atoms with E-state index in [2.05, 4.69) is 45.3 Å². The molecule has 4 amide bonds. The van der Waals surface area contributed by atoms with Gasteiger partial charge >= 0.3 is 0 Å². The van der Waals surface area contributed by atoms with Crippen molar-refractivity contribution < 1.29 is 23.6 Å². The zero-order valence-corrected chi connectivity index (χ0v) is 30.7. The lowest BCUT2D eigenvalue weighted by Crippen LogP contribution is -2.52. The van der Waals surface area contributed by atoms with Crippen LogP contribution in [0.1, 0.15) is 94.6 Å². The van der Waals surface area contributed by atoms with Crippen LogP contribution < -0.4 is 21.3 Å². The number of thiophene rings is 1. The molecule has 2 atom stereocenters. The number of carbonyl (C=O) groups is 4. The number of fused-ring (bicyclic) bond motifs is 3. The van der Waals surface area contributed by atoms with Crippen molar-refractivity contribution in [3.63, 3.8) is 0 Å². The van der Waals surface area contributed by atoms with Crippen LogP contribution in [0.2, 0.25) is 5.02 Å². The van der Waals surface area contributed by atoms with Gasteiger partial charge in [0, 0.05) is 46.2 Å². The maximum Gasteiger partial charge on any atom is 0.254 e. The largest absolute Gasteiger partial charge is 0.385 e. The molecular formula is C37H40ClFN8O4S. The fourth-order valence-corrected chi connectivity index (χ4v) is 7.66. The second-order valence-electron chi connectivity index (χ2n) is 13.0. The van der Waals surface area contributed by atoms with Crippen molar-refractivity contribution in [2.45, 2.75) is 77.8 Å². The lowest BCUT2D eigenvalue weighted by atomic mass is 9.99. The first-order chi connectivity index (χ1) is 25.0. The average Bonchev–Trinajstić information content (AvgIpc) is 3.59. The molecule has 0 radical (unpaired) electrons. The minimum atomic E-state index is -0.878. The fraction of sp³-hybridized carbons (Fsp3) is 0.378. The van der Waals surface area contributed by atoms with E-state index >= 15 is 0 Å². The third-order valence-electron chi connectivity index (χ3n) is 9.25. The van der Waals surface area contributed by atoms with Crippen LogP contribution >= 0.6 is 22.9 Å². The van der Waals surface area contributed by atoms with E-state index in [0.717, 1.165) is 58.9 Å². The molecule has 6 rings (SSSR count). The van der Waals surface area contributed by atoms with Gasteiger partial charge in [0.05, 0.1) is 17.7 Å². The maximum absolute atomic E-state index is 14.7. The predicted octanol–water partition coefficient (Wildman–Crippen LogP) is 5.65. The number of amides is 4. The molecule has 52 heavy (non-hydrogen) atoms. The average molecular weight is 747 g/mol. The highest BCUT2D eigenvalue weighted by Gasteiger charge is 2.33. The first-order valence-electron chi connectivity index (χ1n) is 17.3. The number of piperidine rings is 1. The molecule has 12 nitrogen and oxygen atoms in total. The Morgan fingerprint density at radius 3 is 2.50 bits per heavy atom. The molecule has 0 bridgehead atoms. The van der Waals surface area contributed by atoms with Gasteiger partial charge in [-0.2, -0.15) is 0 Å². The molecule has 15 heteroatoms. The number of benzene rings is 2. The van der Waals surface area contributed by atoms with Gasteiger partial charge in [-0.25, -0.2) is 4.39 Å². The number of nitrogens with one attached hydrogen (secondary N) is 4. The summed E-state index contributed by atoms with van der Waals surface area (Å²) in [5.41, 5.74) is 4.23. The van der Waals surface area contributed by atoms with Gasteiger partial charge in [-0.1, -0.05) is 36.6 Å². The molecular weight excluding hydrogens is 707 g/mol. The molecule has 272 valence electrons. The van der Waals surface area contributed by atoms with E-state index in [9.17, 15) is 23.6 Å². The normalized spacial score (nSPS) is 16.7. The van der Waals surface area contributed by atoms with Crippen molar-refractivity contribution in [2.75, 3.05) is 18.4 Å². The molecule has 2 aliphatic heterocycles. The first kappa shape index (κ1) is 36.8. The predicted molar refractivity (Wildman–Crippen MR) is 198 cm³/mol. The summed E-state index contributed by atoms with van der Waals surface area (Å²) in [6.07, 6.45) is 3.83. The van der Waals surface area contributed by atoms with E-state index in [1.54, 1.807) is 17.4 Å². The summed E-state index contributed by atoms with van der Waals surface area (Å²) < 4.78 is 16.7. The van der Waals surface area contributed by atoms with Gasteiger partial charge in [0.15, 0.2) is 5.82 Å². The summed E-state index contributed by atoms with van der Waals surface area (Å²) in [5.74, 6) is -1.15. The Balaban J connectivity index is 0.966. The second kappa shape index (κ2) is 16.2. The van der Waals surface area contributed by atoms with Crippen LogP contribution in [0.3, 0.4) is 0 Å². The van der Waals surface area contributed by atoms with E-state index < -0.39 is 35.6 Å². The van der Waals surface area contributed by atoms with E-state index in [1.165, 1.54) is 17.0 Å². The Labute approximate surface area is 309 Å². The van der Waals surface area contributed by atoms with E-state index in [0.29, 0.717) is 29.6 Å².